The molecule has 1 unspecified atom stereocenters. The van der Waals surface area contributed by atoms with Crippen molar-refractivity contribution in [2.24, 2.45) is 5.92 Å². The smallest absolute Gasteiger partial charge is 0.224 e. The molecule has 0 aliphatic carbocycles. The van der Waals surface area contributed by atoms with Crippen molar-refractivity contribution in [3.05, 3.63) is 0 Å². The van der Waals surface area contributed by atoms with E-state index in [-0.39, 0.29) is 37.9 Å². The second kappa shape index (κ2) is 4.25. The van der Waals surface area contributed by atoms with Gasteiger partial charge in [0.2, 0.25) is 19.0 Å². The van der Waals surface area contributed by atoms with Gasteiger partial charge in [-0.05, 0) is 5.92 Å². The topological polar surface area (TPSA) is 40.5 Å². The van der Waals surface area contributed by atoms with Crippen molar-refractivity contribution in [1.29, 1.82) is 0 Å². The number of rotatable bonds is 4. The van der Waals surface area contributed by atoms with Crippen LogP contribution in [0.1, 0.15) is 12.8 Å². The molecule has 1 amide bonds. The minimum atomic E-state index is -2.81. The molecule has 14 heavy (non-hydrogen) atoms. The summed E-state index contributed by atoms with van der Waals surface area (Å²) in [5, 5.41) is 8.72. The van der Waals surface area contributed by atoms with Crippen LogP contribution in [0.5, 0.6) is 0 Å². The molecule has 1 fully saturated rings. The molecule has 0 aromatic heterocycles. The summed E-state index contributed by atoms with van der Waals surface area (Å²) >= 11 is 0. The number of carbonyl (C=O) groups excluding carboxylic acids is 1. The van der Waals surface area contributed by atoms with Crippen LogP contribution < -0.4 is 0 Å². The summed E-state index contributed by atoms with van der Waals surface area (Å²) < 4.78 is 25.8. The normalized spacial score (nSPS) is 23.0. The summed E-state index contributed by atoms with van der Waals surface area (Å²) in [4.78, 5) is 12.3. The molecule has 1 saturated heterocycles. The monoisotopic (exact) mass is 204 g/mol. The van der Waals surface area contributed by atoms with Gasteiger partial charge in [0.1, 0.15) is 6.73 Å². The number of aliphatic hydroxyl groups is 1. The van der Waals surface area contributed by atoms with E-state index in [0.717, 1.165) is 7.28 Å². The maximum atomic E-state index is 12.9. The maximum Gasteiger partial charge on any atom is 0.224 e. The lowest BCUT2D eigenvalue weighted by atomic mass is 9.70. The fourth-order valence-electron chi connectivity index (χ4n) is 1.63. The second-order valence-corrected chi connectivity index (χ2v) is 3.58. The summed E-state index contributed by atoms with van der Waals surface area (Å²) in [5.74, 6) is -3.40. The Bertz CT molecular complexity index is 225. The van der Waals surface area contributed by atoms with Crippen molar-refractivity contribution in [3.63, 3.8) is 0 Å². The SMILES string of the molecule is C[B]C(F)(F)CC1CC(=O)N(CO)C1. The maximum absolute atomic E-state index is 12.9. The van der Waals surface area contributed by atoms with Crippen molar-refractivity contribution >= 4 is 13.2 Å². The number of aliphatic hydroxyl groups excluding tert-OH is 1. The van der Waals surface area contributed by atoms with Crippen LogP contribution in [0.4, 0.5) is 8.78 Å². The molecule has 0 aromatic rings. The van der Waals surface area contributed by atoms with Crippen LogP contribution in [0.15, 0.2) is 0 Å². The van der Waals surface area contributed by atoms with Crippen LogP contribution in [0.25, 0.3) is 0 Å². The van der Waals surface area contributed by atoms with Crippen molar-refractivity contribution < 1.29 is 18.7 Å². The molecule has 1 rings (SSSR count). The zero-order valence-corrected chi connectivity index (χ0v) is 8.04. The molecule has 1 radical (unpaired) electrons. The molecule has 0 aromatic carbocycles. The molecule has 1 aliphatic heterocycles. The molecule has 6 heteroatoms. The molecular weight excluding hydrogens is 191 g/mol. The highest BCUT2D eigenvalue weighted by molar-refractivity contribution is 6.36. The zero-order valence-electron chi connectivity index (χ0n) is 8.04. The van der Waals surface area contributed by atoms with Crippen molar-refractivity contribution in [2.75, 3.05) is 13.3 Å². The van der Waals surface area contributed by atoms with E-state index in [1.807, 2.05) is 0 Å². The third-order valence-corrected chi connectivity index (χ3v) is 2.45. The Labute approximate surface area is 82.3 Å². The Balaban J connectivity index is 2.46. The van der Waals surface area contributed by atoms with Gasteiger partial charge in [-0.1, -0.05) is 6.82 Å². The van der Waals surface area contributed by atoms with Crippen LogP contribution >= 0.6 is 0 Å². The highest BCUT2D eigenvalue weighted by Gasteiger charge is 2.37. The molecular formula is C8H13BF2NO2. The van der Waals surface area contributed by atoms with E-state index in [0.29, 0.717) is 0 Å². The van der Waals surface area contributed by atoms with Crippen LogP contribution in [-0.4, -0.2) is 42.3 Å². The van der Waals surface area contributed by atoms with Crippen LogP contribution in [0, 0.1) is 5.92 Å². The Morgan fingerprint density at radius 1 is 1.71 bits per heavy atom. The van der Waals surface area contributed by atoms with Gasteiger partial charge in [0, 0.05) is 19.4 Å². The van der Waals surface area contributed by atoms with Gasteiger partial charge in [-0.25, -0.2) is 8.78 Å². The summed E-state index contributed by atoms with van der Waals surface area (Å²) in [7, 11) is 0.846. The number of halogens is 2. The minimum absolute atomic E-state index is 0.115. The molecule has 1 heterocycles. The van der Waals surface area contributed by atoms with E-state index in [1.165, 1.54) is 11.7 Å². The quantitative estimate of drug-likeness (QED) is 0.678. The van der Waals surface area contributed by atoms with Crippen LogP contribution in [-0.2, 0) is 4.79 Å². The van der Waals surface area contributed by atoms with Gasteiger partial charge in [-0.3, -0.25) is 4.79 Å². The molecule has 0 bridgehead atoms. The Morgan fingerprint density at radius 2 is 2.36 bits per heavy atom. The lowest BCUT2D eigenvalue weighted by Crippen LogP contribution is -2.29. The lowest BCUT2D eigenvalue weighted by Gasteiger charge is -2.18. The van der Waals surface area contributed by atoms with Crippen molar-refractivity contribution in [2.45, 2.75) is 25.5 Å². The number of amides is 1. The fraction of sp³-hybridized carbons (Fsp3) is 0.875. The predicted molar refractivity (Wildman–Crippen MR) is 48.1 cm³/mol. The van der Waals surface area contributed by atoms with Crippen molar-refractivity contribution in [3.8, 4) is 0 Å². The Kier molecular flexibility index (Phi) is 3.47. The number of nitrogens with zero attached hydrogens (tertiary/aromatic N) is 1. The molecule has 79 valence electrons. The van der Waals surface area contributed by atoms with Gasteiger partial charge in [-0.15, -0.1) is 0 Å². The van der Waals surface area contributed by atoms with Crippen molar-refractivity contribution in [1.82, 2.24) is 4.90 Å². The zero-order chi connectivity index (χ0) is 10.8. The first-order chi connectivity index (χ1) is 6.48. The number of hydrogen-bond acceptors (Lipinski definition) is 2. The van der Waals surface area contributed by atoms with Gasteiger partial charge < -0.3 is 10.0 Å². The molecule has 3 nitrogen and oxygen atoms in total. The Hall–Kier alpha value is -0.645. The highest BCUT2D eigenvalue weighted by atomic mass is 19.3. The average molecular weight is 204 g/mol. The van der Waals surface area contributed by atoms with Gasteiger partial charge in [0.05, 0.1) is 0 Å². The van der Waals surface area contributed by atoms with Gasteiger partial charge in [0.25, 0.3) is 0 Å². The number of carbonyl (C=O) groups is 1. The molecule has 1 aliphatic rings. The predicted octanol–water partition coefficient (Wildman–Crippen LogP) is 0.520. The molecule has 1 atom stereocenters. The lowest BCUT2D eigenvalue weighted by molar-refractivity contribution is -0.130. The highest BCUT2D eigenvalue weighted by Crippen LogP contribution is 2.29. The summed E-state index contributed by atoms with van der Waals surface area (Å²) in [5.41, 5.74) is 0. The van der Waals surface area contributed by atoms with Crippen LogP contribution in [0.2, 0.25) is 6.82 Å². The molecule has 1 N–H and O–H groups in total. The van der Waals surface area contributed by atoms with E-state index in [2.05, 4.69) is 0 Å². The van der Waals surface area contributed by atoms with E-state index >= 15 is 0 Å². The summed E-state index contributed by atoms with van der Waals surface area (Å²) in [6.07, 6.45) is -0.199. The minimum Gasteiger partial charge on any atom is -0.376 e. The third kappa shape index (κ3) is 2.67. The van der Waals surface area contributed by atoms with E-state index in [4.69, 9.17) is 5.11 Å². The van der Waals surface area contributed by atoms with E-state index in [9.17, 15) is 13.6 Å². The summed E-state index contributed by atoms with van der Waals surface area (Å²) in [6.45, 7) is 1.16. The fourth-order valence-corrected chi connectivity index (χ4v) is 1.63. The molecule has 0 spiro atoms. The first-order valence-corrected chi connectivity index (χ1v) is 4.55. The number of likely N-dealkylation sites (tertiary alicyclic amines) is 1. The Morgan fingerprint density at radius 3 is 2.79 bits per heavy atom. The largest absolute Gasteiger partial charge is 0.376 e. The van der Waals surface area contributed by atoms with Crippen LogP contribution in [0.3, 0.4) is 0 Å². The van der Waals surface area contributed by atoms with Gasteiger partial charge >= 0.3 is 0 Å². The number of alkyl halides is 2. The first-order valence-electron chi connectivity index (χ1n) is 4.55. The van der Waals surface area contributed by atoms with Gasteiger partial charge in [-0.2, -0.15) is 0 Å². The number of hydrogen-bond donors (Lipinski definition) is 1. The standard InChI is InChI=1S/C8H13BF2NO2/c1-9-8(10,11)3-6-2-7(14)12(4-6)5-13/h6,13H,2-5H2,1H3. The third-order valence-electron chi connectivity index (χ3n) is 2.45. The second-order valence-electron chi connectivity index (χ2n) is 3.58. The first kappa shape index (κ1) is 11.4. The molecule has 0 saturated carbocycles. The van der Waals surface area contributed by atoms with E-state index in [1.54, 1.807) is 0 Å². The van der Waals surface area contributed by atoms with E-state index < -0.39 is 5.82 Å². The summed E-state index contributed by atoms with van der Waals surface area (Å²) in [6, 6.07) is 0. The van der Waals surface area contributed by atoms with Gasteiger partial charge in [0.15, 0.2) is 0 Å². The average Bonchev–Trinajstić information content (AvgIpc) is 2.45.